The lowest BCUT2D eigenvalue weighted by molar-refractivity contribution is 0.0525. The number of halogens is 1. The highest BCUT2D eigenvalue weighted by atomic mass is 19.1. The summed E-state index contributed by atoms with van der Waals surface area (Å²) in [5.41, 5.74) is 1.17. The molecule has 2 atom stereocenters. The SMILES string of the molecule is CCN1CN(c2cc3c(C(C)C)cn([C@H]4CCC[C@@H](OC)C4)c(=O)c3cc2F)N=C1CO. The van der Waals surface area contributed by atoms with E-state index < -0.39 is 5.82 Å². The number of hydrazone groups is 1. The number of nitrogens with zero attached hydrogens (tertiary/aromatic N) is 4. The van der Waals surface area contributed by atoms with E-state index in [2.05, 4.69) is 18.9 Å². The molecule has 1 N–H and O–H groups in total. The van der Waals surface area contributed by atoms with Crippen LogP contribution in [0.25, 0.3) is 10.8 Å². The number of rotatable bonds is 6. The fourth-order valence-corrected chi connectivity index (χ4v) is 4.93. The molecule has 1 saturated carbocycles. The van der Waals surface area contributed by atoms with Gasteiger partial charge in [-0.3, -0.25) is 4.79 Å². The molecular weight excluding hydrogens is 411 g/mol. The fourth-order valence-electron chi connectivity index (χ4n) is 4.93. The summed E-state index contributed by atoms with van der Waals surface area (Å²) < 4.78 is 22.6. The smallest absolute Gasteiger partial charge is 0.258 e. The van der Waals surface area contributed by atoms with Crippen molar-refractivity contribution < 1.29 is 14.2 Å². The molecule has 32 heavy (non-hydrogen) atoms. The van der Waals surface area contributed by atoms with Gasteiger partial charge >= 0.3 is 0 Å². The van der Waals surface area contributed by atoms with E-state index in [0.29, 0.717) is 30.1 Å². The molecule has 174 valence electrons. The van der Waals surface area contributed by atoms with E-state index in [0.717, 1.165) is 36.6 Å². The second-order valence-electron chi connectivity index (χ2n) is 9.05. The lowest BCUT2D eigenvalue weighted by Crippen LogP contribution is -2.32. The van der Waals surface area contributed by atoms with E-state index in [1.807, 2.05) is 18.0 Å². The number of amidine groups is 1. The van der Waals surface area contributed by atoms with Crippen molar-refractivity contribution in [2.45, 2.75) is 64.5 Å². The summed E-state index contributed by atoms with van der Waals surface area (Å²) >= 11 is 0. The van der Waals surface area contributed by atoms with Gasteiger partial charge < -0.3 is 19.3 Å². The van der Waals surface area contributed by atoms with Gasteiger partial charge in [-0.25, -0.2) is 9.40 Å². The number of hydrogen-bond acceptors (Lipinski definition) is 6. The molecule has 1 fully saturated rings. The molecular formula is C24H33FN4O3. The maximum absolute atomic E-state index is 15.3. The zero-order valence-corrected chi connectivity index (χ0v) is 19.3. The van der Waals surface area contributed by atoms with Gasteiger partial charge in [0.25, 0.3) is 5.56 Å². The molecule has 2 aromatic rings. The maximum atomic E-state index is 15.3. The largest absolute Gasteiger partial charge is 0.388 e. The Morgan fingerprint density at radius 2 is 2.06 bits per heavy atom. The molecule has 1 aromatic carbocycles. The predicted octanol–water partition coefficient (Wildman–Crippen LogP) is 3.80. The Kier molecular flexibility index (Phi) is 6.53. The highest BCUT2D eigenvalue weighted by Crippen LogP contribution is 2.34. The summed E-state index contributed by atoms with van der Waals surface area (Å²) in [5, 5.41) is 16.7. The maximum Gasteiger partial charge on any atom is 0.258 e. The molecule has 1 aromatic heterocycles. The molecule has 8 heteroatoms. The van der Waals surface area contributed by atoms with Crippen LogP contribution in [-0.2, 0) is 4.74 Å². The highest BCUT2D eigenvalue weighted by Gasteiger charge is 2.28. The quantitative estimate of drug-likeness (QED) is 0.734. The Morgan fingerprint density at radius 3 is 2.69 bits per heavy atom. The zero-order chi connectivity index (χ0) is 23.0. The summed E-state index contributed by atoms with van der Waals surface area (Å²) in [7, 11) is 1.72. The number of aliphatic hydroxyl groups is 1. The van der Waals surface area contributed by atoms with Crippen molar-refractivity contribution in [3.05, 3.63) is 40.1 Å². The molecule has 0 bridgehead atoms. The van der Waals surface area contributed by atoms with Crippen molar-refractivity contribution in [2.24, 2.45) is 5.10 Å². The zero-order valence-electron chi connectivity index (χ0n) is 19.3. The molecule has 4 rings (SSSR count). The summed E-state index contributed by atoms with van der Waals surface area (Å²) in [5.74, 6) is 0.183. The number of hydrogen-bond donors (Lipinski definition) is 1. The molecule has 0 amide bonds. The second-order valence-corrected chi connectivity index (χ2v) is 9.05. The number of ether oxygens (including phenoxy) is 1. The summed E-state index contributed by atoms with van der Waals surface area (Å²) in [6, 6.07) is 3.15. The van der Waals surface area contributed by atoms with Gasteiger partial charge in [0.1, 0.15) is 19.1 Å². The van der Waals surface area contributed by atoms with Gasteiger partial charge in [-0.2, -0.15) is 5.10 Å². The van der Waals surface area contributed by atoms with Gasteiger partial charge in [-0.05, 0) is 61.6 Å². The van der Waals surface area contributed by atoms with E-state index >= 15 is 4.39 Å². The third-order valence-corrected chi connectivity index (χ3v) is 6.80. The van der Waals surface area contributed by atoms with Gasteiger partial charge in [-0.1, -0.05) is 13.8 Å². The molecule has 0 spiro atoms. The van der Waals surface area contributed by atoms with Crippen LogP contribution >= 0.6 is 0 Å². The summed E-state index contributed by atoms with van der Waals surface area (Å²) in [6.07, 6.45) is 5.83. The van der Waals surface area contributed by atoms with Crippen molar-refractivity contribution in [1.29, 1.82) is 0 Å². The summed E-state index contributed by atoms with van der Waals surface area (Å²) in [4.78, 5) is 15.3. The number of pyridine rings is 1. The Labute approximate surface area is 188 Å². The average molecular weight is 445 g/mol. The topological polar surface area (TPSA) is 70.3 Å². The molecule has 0 saturated heterocycles. The molecule has 2 aliphatic rings. The third kappa shape index (κ3) is 4.01. The Hall–Kier alpha value is -2.45. The Balaban J connectivity index is 1.83. The van der Waals surface area contributed by atoms with E-state index in [4.69, 9.17) is 4.74 Å². The van der Waals surface area contributed by atoms with Crippen LogP contribution in [-0.4, -0.2) is 53.4 Å². The lowest BCUT2D eigenvalue weighted by atomic mass is 9.91. The minimum atomic E-state index is -0.487. The van der Waals surface area contributed by atoms with Gasteiger partial charge in [0.05, 0.1) is 17.2 Å². The monoisotopic (exact) mass is 444 g/mol. The van der Waals surface area contributed by atoms with Gasteiger partial charge in [0, 0.05) is 25.9 Å². The Morgan fingerprint density at radius 1 is 1.28 bits per heavy atom. The van der Waals surface area contributed by atoms with Crippen molar-refractivity contribution in [3.8, 4) is 0 Å². The van der Waals surface area contributed by atoms with Crippen LogP contribution in [0.4, 0.5) is 10.1 Å². The minimum absolute atomic E-state index is 0.0549. The van der Waals surface area contributed by atoms with Crippen LogP contribution < -0.4 is 10.6 Å². The molecule has 2 heterocycles. The number of aromatic nitrogens is 1. The molecule has 1 aliphatic heterocycles. The minimum Gasteiger partial charge on any atom is -0.388 e. The van der Waals surface area contributed by atoms with Crippen molar-refractivity contribution in [2.75, 3.05) is 31.9 Å². The van der Waals surface area contributed by atoms with E-state index in [1.165, 1.54) is 6.07 Å². The van der Waals surface area contributed by atoms with Crippen LogP contribution in [0.5, 0.6) is 0 Å². The number of benzene rings is 1. The first kappa shape index (κ1) is 22.7. The first-order valence-corrected chi connectivity index (χ1v) is 11.5. The number of fused-ring (bicyclic) bond motifs is 1. The normalized spacial score (nSPS) is 21.7. The van der Waals surface area contributed by atoms with Crippen molar-refractivity contribution in [3.63, 3.8) is 0 Å². The van der Waals surface area contributed by atoms with Crippen LogP contribution in [0.3, 0.4) is 0 Å². The van der Waals surface area contributed by atoms with Crippen molar-refractivity contribution in [1.82, 2.24) is 9.47 Å². The number of aliphatic hydroxyl groups excluding tert-OH is 1. The first-order valence-electron chi connectivity index (χ1n) is 11.5. The fraction of sp³-hybridized carbons (Fsp3) is 0.583. The second kappa shape index (κ2) is 9.19. The molecule has 1 aliphatic carbocycles. The van der Waals surface area contributed by atoms with Gasteiger partial charge in [0.2, 0.25) is 0 Å². The third-order valence-electron chi connectivity index (χ3n) is 6.80. The number of likely N-dealkylation sites (N-methyl/N-ethyl adjacent to an activating group) is 1. The molecule has 7 nitrogen and oxygen atoms in total. The van der Waals surface area contributed by atoms with Gasteiger partial charge in [-0.15, -0.1) is 0 Å². The van der Waals surface area contributed by atoms with Gasteiger partial charge in [0.15, 0.2) is 5.84 Å². The Bertz CT molecular complexity index is 1080. The van der Waals surface area contributed by atoms with E-state index in [1.54, 1.807) is 22.8 Å². The highest BCUT2D eigenvalue weighted by molar-refractivity contribution is 5.90. The van der Waals surface area contributed by atoms with Crippen LogP contribution in [0.2, 0.25) is 0 Å². The number of methoxy groups -OCH3 is 1. The predicted molar refractivity (Wildman–Crippen MR) is 125 cm³/mol. The summed E-state index contributed by atoms with van der Waals surface area (Å²) in [6.45, 7) is 6.96. The molecule has 0 unspecified atom stereocenters. The number of anilines is 1. The van der Waals surface area contributed by atoms with E-state index in [-0.39, 0.29) is 30.2 Å². The standard InChI is InChI=1S/C24H33FN4O3/c1-5-27-14-29(26-23(27)13-30)22-11-18-19(10-21(22)25)24(31)28(12-20(18)15(2)3)16-7-6-8-17(9-16)32-4/h10-12,15-17,30H,5-9,13-14H2,1-4H3/t16-,17+/m0/s1. The first-order chi connectivity index (χ1) is 15.4. The average Bonchev–Trinajstić information content (AvgIpc) is 3.22. The molecule has 0 radical (unpaired) electrons. The van der Waals surface area contributed by atoms with Crippen LogP contribution in [0, 0.1) is 5.82 Å². The lowest BCUT2D eigenvalue weighted by Gasteiger charge is -2.30. The van der Waals surface area contributed by atoms with E-state index in [9.17, 15) is 9.90 Å². The van der Waals surface area contributed by atoms with Crippen LogP contribution in [0.1, 0.15) is 64.0 Å². The van der Waals surface area contributed by atoms with Crippen molar-refractivity contribution >= 4 is 22.3 Å². The van der Waals surface area contributed by atoms with Crippen LogP contribution in [0.15, 0.2) is 28.2 Å².